The molecule has 0 fully saturated rings. The first-order chi connectivity index (χ1) is 13.2. The van der Waals surface area contributed by atoms with E-state index in [1.807, 2.05) is 24.3 Å². The second-order valence-corrected chi connectivity index (χ2v) is 9.81. The lowest BCUT2D eigenvalue weighted by molar-refractivity contribution is -0.822. The molecule has 160 valence electrons. The van der Waals surface area contributed by atoms with E-state index < -0.39 is 0 Å². The molecule has 0 saturated heterocycles. The number of allylic oxidation sites excluding steroid dienone is 2. The zero-order valence-electron chi connectivity index (χ0n) is 19.5. The largest absolute Gasteiger partial charge is 0.388 e. The summed E-state index contributed by atoms with van der Waals surface area (Å²) in [5.74, 6) is 0.563. The van der Waals surface area contributed by atoms with Crippen molar-refractivity contribution in [2.45, 2.75) is 86.2 Å². The maximum atomic E-state index is 11.2. The van der Waals surface area contributed by atoms with Crippen LogP contribution in [0.15, 0.2) is 40.7 Å². The van der Waals surface area contributed by atoms with Crippen LogP contribution >= 0.6 is 0 Å². The summed E-state index contributed by atoms with van der Waals surface area (Å²) in [4.78, 5) is 8.83. The SMILES string of the molecule is CC(N)=NCc1cccc(/C=[N+](\O)C2N(C(C)(C)C)C(C)=C(C)N2C(C)(C)C)c1. The molecule has 1 heterocycles. The van der Waals surface area contributed by atoms with Gasteiger partial charge in [0, 0.05) is 32.8 Å². The van der Waals surface area contributed by atoms with Crippen molar-refractivity contribution in [1.82, 2.24) is 9.80 Å². The van der Waals surface area contributed by atoms with Crippen molar-refractivity contribution >= 4 is 12.1 Å². The van der Waals surface area contributed by atoms with Gasteiger partial charge in [0.1, 0.15) is 0 Å². The van der Waals surface area contributed by atoms with Crippen molar-refractivity contribution < 1.29 is 9.95 Å². The highest BCUT2D eigenvalue weighted by molar-refractivity contribution is 5.77. The smallest absolute Gasteiger partial charge is 0.359 e. The average molecular weight is 401 g/mol. The van der Waals surface area contributed by atoms with Crippen LogP contribution in [0.25, 0.3) is 0 Å². The molecule has 0 spiro atoms. The highest BCUT2D eigenvalue weighted by atomic mass is 16.5. The first kappa shape index (κ1) is 22.8. The van der Waals surface area contributed by atoms with Crippen molar-refractivity contribution in [2.24, 2.45) is 10.7 Å². The van der Waals surface area contributed by atoms with Gasteiger partial charge in [-0.05, 0) is 80.0 Å². The first-order valence-electron chi connectivity index (χ1n) is 10.2. The van der Waals surface area contributed by atoms with E-state index in [-0.39, 0.29) is 17.4 Å². The van der Waals surface area contributed by atoms with E-state index in [4.69, 9.17) is 5.73 Å². The summed E-state index contributed by atoms with van der Waals surface area (Å²) in [6, 6.07) is 8.00. The van der Waals surface area contributed by atoms with E-state index in [0.717, 1.165) is 11.1 Å². The predicted molar refractivity (Wildman–Crippen MR) is 120 cm³/mol. The number of benzene rings is 1. The summed E-state index contributed by atoms with van der Waals surface area (Å²) in [6.45, 7) is 19.6. The van der Waals surface area contributed by atoms with Gasteiger partial charge in [0.25, 0.3) is 0 Å². The van der Waals surface area contributed by atoms with Crippen LogP contribution in [-0.2, 0) is 6.54 Å². The number of hydrogen-bond acceptors (Lipinski definition) is 4. The van der Waals surface area contributed by atoms with E-state index in [1.54, 1.807) is 13.1 Å². The lowest BCUT2D eigenvalue weighted by atomic mass is 10.0. The Balaban J connectivity index is 2.48. The summed E-state index contributed by atoms with van der Waals surface area (Å²) in [6.07, 6.45) is 1.46. The number of nitrogens with zero attached hydrogens (tertiary/aromatic N) is 4. The lowest BCUT2D eigenvalue weighted by Gasteiger charge is -2.41. The number of hydrogen-bond donors (Lipinski definition) is 2. The van der Waals surface area contributed by atoms with Crippen LogP contribution in [0.3, 0.4) is 0 Å². The van der Waals surface area contributed by atoms with Gasteiger partial charge in [-0.1, -0.05) is 12.1 Å². The Kier molecular flexibility index (Phi) is 6.36. The minimum atomic E-state index is -0.331. The van der Waals surface area contributed by atoms with Crippen LogP contribution in [-0.4, -0.2) is 49.2 Å². The molecule has 0 unspecified atom stereocenters. The molecule has 1 aromatic rings. The van der Waals surface area contributed by atoms with Gasteiger partial charge in [-0.3, -0.25) is 20.0 Å². The molecular weight excluding hydrogens is 362 g/mol. The summed E-state index contributed by atoms with van der Waals surface area (Å²) in [5.41, 5.74) is 9.66. The Morgan fingerprint density at radius 3 is 2.07 bits per heavy atom. The van der Waals surface area contributed by atoms with E-state index in [0.29, 0.717) is 12.4 Å². The first-order valence-corrected chi connectivity index (χ1v) is 10.2. The molecule has 6 heteroatoms. The zero-order chi connectivity index (χ0) is 22.1. The quantitative estimate of drug-likeness (QED) is 0.262. The zero-order valence-corrected chi connectivity index (χ0v) is 19.5. The lowest BCUT2D eigenvalue weighted by Crippen LogP contribution is -2.58. The molecule has 1 aliphatic rings. The van der Waals surface area contributed by atoms with Gasteiger partial charge in [0.2, 0.25) is 6.21 Å². The number of aliphatic imine (C=N–C) groups is 1. The second-order valence-electron chi connectivity index (χ2n) is 9.81. The molecule has 0 bridgehead atoms. The van der Waals surface area contributed by atoms with E-state index in [9.17, 15) is 5.21 Å². The van der Waals surface area contributed by atoms with Gasteiger partial charge in [0.15, 0.2) is 0 Å². The highest BCUT2D eigenvalue weighted by Crippen LogP contribution is 2.39. The molecule has 0 aliphatic carbocycles. The maximum Gasteiger partial charge on any atom is 0.359 e. The van der Waals surface area contributed by atoms with Crippen molar-refractivity contribution in [3.8, 4) is 0 Å². The van der Waals surface area contributed by atoms with Crippen molar-refractivity contribution in [1.29, 1.82) is 0 Å². The molecule has 0 amide bonds. The normalized spacial score (nSPS) is 17.6. The number of amidine groups is 1. The Bertz CT molecular complexity index is 806. The monoisotopic (exact) mass is 400 g/mol. The molecule has 1 aromatic carbocycles. The van der Waals surface area contributed by atoms with Gasteiger partial charge in [-0.25, -0.2) is 0 Å². The molecule has 0 atom stereocenters. The molecule has 0 saturated carbocycles. The molecule has 2 rings (SSSR count). The fourth-order valence-electron chi connectivity index (χ4n) is 3.95. The van der Waals surface area contributed by atoms with E-state index in [2.05, 4.69) is 70.2 Å². The summed E-state index contributed by atoms with van der Waals surface area (Å²) in [5, 5.41) is 11.2. The molecule has 0 radical (unpaired) electrons. The highest BCUT2D eigenvalue weighted by Gasteiger charge is 2.51. The number of nitrogens with two attached hydrogens (primary N) is 1. The van der Waals surface area contributed by atoms with Gasteiger partial charge in [-0.15, -0.1) is 0 Å². The van der Waals surface area contributed by atoms with Gasteiger partial charge in [0.05, 0.1) is 12.4 Å². The average Bonchev–Trinajstić information content (AvgIpc) is 2.85. The van der Waals surface area contributed by atoms with Crippen LogP contribution in [0.1, 0.15) is 73.4 Å². The molecule has 3 N–H and O–H groups in total. The molecular formula is C23H38N5O+. The minimum absolute atomic E-state index is 0.153. The van der Waals surface area contributed by atoms with E-state index in [1.165, 1.54) is 16.1 Å². The van der Waals surface area contributed by atoms with Gasteiger partial charge >= 0.3 is 6.29 Å². The van der Waals surface area contributed by atoms with Crippen molar-refractivity contribution in [3.05, 3.63) is 46.8 Å². The molecule has 6 nitrogen and oxygen atoms in total. The number of rotatable bonds is 4. The van der Waals surface area contributed by atoms with Gasteiger partial charge in [-0.2, -0.15) is 0 Å². The van der Waals surface area contributed by atoms with Crippen LogP contribution in [0.4, 0.5) is 0 Å². The second kappa shape index (κ2) is 8.09. The Hall–Kier alpha value is -2.50. The third kappa shape index (κ3) is 5.11. The maximum absolute atomic E-state index is 11.2. The van der Waals surface area contributed by atoms with Crippen molar-refractivity contribution in [2.75, 3.05) is 0 Å². The number of hydroxylamine groups is 1. The topological polar surface area (TPSA) is 68.1 Å². The Morgan fingerprint density at radius 1 is 1.10 bits per heavy atom. The summed E-state index contributed by atoms with van der Waals surface area (Å²) in [7, 11) is 0. The predicted octanol–water partition coefficient (Wildman–Crippen LogP) is 4.13. The third-order valence-electron chi connectivity index (χ3n) is 5.13. The molecule has 0 aromatic heterocycles. The van der Waals surface area contributed by atoms with Crippen molar-refractivity contribution in [3.63, 3.8) is 0 Å². The van der Waals surface area contributed by atoms with E-state index >= 15 is 0 Å². The summed E-state index contributed by atoms with van der Waals surface area (Å²) >= 11 is 0. The van der Waals surface area contributed by atoms with Crippen LogP contribution < -0.4 is 5.73 Å². The Morgan fingerprint density at radius 2 is 1.62 bits per heavy atom. The summed E-state index contributed by atoms with van der Waals surface area (Å²) < 4.78 is 1.33. The Labute approximate surface area is 176 Å². The molecule has 1 aliphatic heterocycles. The van der Waals surface area contributed by atoms with Crippen LogP contribution in [0.5, 0.6) is 0 Å². The minimum Gasteiger partial charge on any atom is -0.388 e. The fraction of sp³-hybridized carbons (Fsp3) is 0.565. The third-order valence-corrected chi connectivity index (χ3v) is 5.13. The molecule has 29 heavy (non-hydrogen) atoms. The standard InChI is InChI=1S/C23H38N5O/c1-16-17(2)28(23(7,8)9)21(27(16)22(4,5)6)26(29)15-20-12-10-11-19(13-20)14-25-18(3)24/h10-13,15,21,29H,14H2,1-9H3,(H2,24,25)/q+1/b26-15-. The van der Waals surface area contributed by atoms with Crippen LogP contribution in [0, 0.1) is 0 Å². The van der Waals surface area contributed by atoms with Gasteiger partial charge < -0.3 is 5.73 Å². The van der Waals surface area contributed by atoms with Crippen LogP contribution in [0.2, 0.25) is 0 Å². The fourth-order valence-corrected chi connectivity index (χ4v) is 3.95.